The Kier molecular flexibility index (Phi) is 4.68. The van der Waals surface area contributed by atoms with Gasteiger partial charge in [0.1, 0.15) is 11.8 Å². The van der Waals surface area contributed by atoms with E-state index in [2.05, 4.69) is 20.5 Å². The number of nitrogens with zero attached hydrogens (tertiary/aromatic N) is 3. The first kappa shape index (κ1) is 14.7. The van der Waals surface area contributed by atoms with Crippen molar-refractivity contribution in [1.29, 1.82) is 5.26 Å². The summed E-state index contributed by atoms with van der Waals surface area (Å²) >= 11 is 1.06. The summed E-state index contributed by atoms with van der Waals surface area (Å²) in [6, 6.07) is 8.71. The van der Waals surface area contributed by atoms with Crippen LogP contribution in [-0.4, -0.2) is 26.8 Å². The van der Waals surface area contributed by atoms with Crippen LogP contribution in [0.25, 0.3) is 0 Å². The molecule has 0 saturated heterocycles. The van der Waals surface area contributed by atoms with Crippen molar-refractivity contribution in [2.75, 3.05) is 11.1 Å². The highest BCUT2D eigenvalue weighted by Gasteiger charge is 2.08. The Hall–Kier alpha value is -2.66. The largest absolute Gasteiger partial charge is 0.324 e. The molecule has 0 atom stereocenters. The third-order valence-corrected chi connectivity index (χ3v) is 3.37. The minimum atomic E-state index is -0.331. The Balaban J connectivity index is 1.98. The smallest absolute Gasteiger partial charge is 0.273 e. The lowest BCUT2D eigenvalue weighted by molar-refractivity contribution is -0.113. The molecule has 8 heteroatoms. The van der Waals surface area contributed by atoms with Crippen LogP contribution in [0.2, 0.25) is 0 Å². The number of anilines is 1. The zero-order chi connectivity index (χ0) is 15.2. The fourth-order valence-electron chi connectivity index (χ4n) is 1.45. The number of aromatic nitrogens is 3. The summed E-state index contributed by atoms with van der Waals surface area (Å²) in [6.45, 7) is 1.55. The van der Waals surface area contributed by atoms with Gasteiger partial charge in [0.15, 0.2) is 5.16 Å². The minimum Gasteiger partial charge on any atom is -0.324 e. The van der Waals surface area contributed by atoms with Crippen LogP contribution in [-0.2, 0) is 4.79 Å². The quantitative estimate of drug-likeness (QED) is 0.817. The van der Waals surface area contributed by atoms with Gasteiger partial charge in [0.05, 0.1) is 17.0 Å². The molecule has 1 aromatic heterocycles. The van der Waals surface area contributed by atoms with Crippen molar-refractivity contribution in [2.45, 2.75) is 12.1 Å². The van der Waals surface area contributed by atoms with Crippen molar-refractivity contribution in [3.8, 4) is 6.07 Å². The number of rotatable bonds is 4. The van der Waals surface area contributed by atoms with E-state index in [9.17, 15) is 9.59 Å². The van der Waals surface area contributed by atoms with Crippen LogP contribution >= 0.6 is 11.8 Å². The van der Waals surface area contributed by atoms with Gasteiger partial charge in [0.25, 0.3) is 5.56 Å². The van der Waals surface area contributed by atoms with E-state index in [1.54, 1.807) is 31.2 Å². The SMILES string of the molecule is Cc1nnc(SCC(=O)Nc2ccccc2C#N)[nH]c1=O. The number of nitrogens with one attached hydrogen (secondary N) is 2. The summed E-state index contributed by atoms with van der Waals surface area (Å²) in [5, 5.41) is 19.3. The summed E-state index contributed by atoms with van der Waals surface area (Å²) < 4.78 is 0. The highest BCUT2D eigenvalue weighted by atomic mass is 32.2. The van der Waals surface area contributed by atoms with Crippen LogP contribution in [0, 0.1) is 18.3 Å². The van der Waals surface area contributed by atoms with Crippen molar-refractivity contribution in [1.82, 2.24) is 15.2 Å². The Morgan fingerprint density at radius 2 is 2.19 bits per heavy atom. The first-order chi connectivity index (χ1) is 10.1. The molecule has 7 nitrogen and oxygen atoms in total. The first-order valence-electron chi connectivity index (χ1n) is 5.95. The number of carbonyl (C=O) groups excluding carboxylic acids is 1. The van der Waals surface area contributed by atoms with Gasteiger partial charge in [-0.2, -0.15) is 5.26 Å². The van der Waals surface area contributed by atoms with Crippen molar-refractivity contribution >= 4 is 23.4 Å². The molecule has 1 aromatic carbocycles. The highest BCUT2D eigenvalue weighted by molar-refractivity contribution is 7.99. The molecule has 0 spiro atoms. The van der Waals surface area contributed by atoms with E-state index in [4.69, 9.17) is 5.26 Å². The molecule has 0 unspecified atom stereocenters. The molecular formula is C13H11N5O2S. The van der Waals surface area contributed by atoms with Gasteiger partial charge in [-0.15, -0.1) is 10.2 Å². The third-order valence-electron chi connectivity index (χ3n) is 2.50. The highest BCUT2D eigenvalue weighted by Crippen LogP contribution is 2.15. The fraction of sp³-hybridized carbons (Fsp3) is 0.154. The number of benzene rings is 1. The maximum Gasteiger partial charge on any atom is 0.273 e. The van der Waals surface area contributed by atoms with Crippen LogP contribution in [0.15, 0.2) is 34.2 Å². The van der Waals surface area contributed by atoms with E-state index >= 15 is 0 Å². The van der Waals surface area contributed by atoms with Crippen LogP contribution in [0.5, 0.6) is 0 Å². The standard InChI is InChI=1S/C13H11N5O2S/c1-8-12(20)16-13(18-17-8)21-7-11(19)15-10-5-3-2-4-9(10)6-14/h2-5H,7H2,1H3,(H,15,19)(H,16,18,20). The molecule has 0 fully saturated rings. The molecule has 2 aromatic rings. The molecule has 2 rings (SSSR count). The number of nitriles is 1. The van der Waals surface area contributed by atoms with Crippen molar-refractivity contribution in [3.05, 3.63) is 45.9 Å². The second-order valence-corrected chi connectivity index (χ2v) is 5.00. The number of para-hydroxylation sites is 1. The molecule has 21 heavy (non-hydrogen) atoms. The van der Waals surface area contributed by atoms with E-state index in [1.807, 2.05) is 6.07 Å². The zero-order valence-corrected chi connectivity index (χ0v) is 11.9. The molecule has 1 amide bonds. The molecular weight excluding hydrogens is 290 g/mol. The molecule has 0 radical (unpaired) electrons. The Morgan fingerprint density at radius 3 is 2.90 bits per heavy atom. The lowest BCUT2D eigenvalue weighted by Gasteiger charge is -2.06. The van der Waals surface area contributed by atoms with E-state index in [0.717, 1.165) is 11.8 Å². The maximum atomic E-state index is 11.8. The van der Waals surface area contributed by atoms with Crippen LogP contribution in [0.3, 0.4) is 0 Å². The van der Waals surface area contributed by atoms with Gasteiger partial charge in [0.2, 0.25) is 5.91 Å². The summed E-state index contributed by atoms with van der Waals surface area (Å²) in [5.74, 6) is -0.251. The lowest BCUT2D eigenvalue weighted by Crippen LogP contribution is -2.17. The second kappa shape index (κ2) is 6.67. The van der Waals surface area contributed by atoms with Crippen LogP contribution in [0.4, 0.5) is 5.69 Å². The van der Waals surface area contributed by atoms with Gasteiger partial charge >= 0.3 is 0 Å². The molecule has 2 N–H and O–H groups in total. The Bertz CT molecular complexity index is 766. The Labute approximate surface area is 124 Å². The maximum absolute atomic E-state index is 11.8. The monoisotopic (exact) mass is 301 g/mol. The molecule has 0 aliphatic rings. The van der Waals surface area contributed by atoms with Crippen LogP contribution < -0.4 is 10.9 Å². The van der Waals surface area contributed by atoms with Gasteiger partial charge in [-0.1, -0.05) is 23.9 Å². The van der Waals surface area contributed by atoms with E-state index in [0.29, 0.717) is 11.3 Å². The number of aryl methyl sites for hydroxylation is 1. The van der Waals surface area contributed by atoms with Crippen molar-refractivity contribution < 1.29 is 4.79 Å². The van der Waals surface area contributed by atoms with Gasteiger partial charge in [0, 0.05) is 0 Å². The summed E-state index contributed by atoms with van der Waals surface area (Å²) in [5.41, 5.74) is 0.781. The normalized spacial score (nSPS) is 9.90. The Morgan fingerprint density at radius 1 is 1.43 bits per heavy atom. The van der Waals surface area contributed by atoms with Crippen molar-refractivity contribution in [2.24, 2.45) is 0 Å². The molecule has 0 aliphatic heterocycles. The average molecular weight is 301 g/mol. The van der Waals surface area contributed by atoms with Gasteiger partial charge in [-0.05, 0) is 19.1 Å². The lowest BCUT2D eigenvalue weighted by atomic mass is 10.2. The summed E-state index contributed by atoms with van der Waals surface area (Å²) in [6.07, 6.45) is 0. The zero-order valence-electron chi connectivity index (χ0n) is 11.1. The number of amides is 1. The van der Waals surface area contributed by atoms with Gasteiger partial charge < -0.3 is 5.32 Å². The molecule has 106 valence electrons. The topological polar surface area (TPSA) is 112 Å². The molecule has 0 saturated carbocycles. The molecule has 0 aliphatic carbocycles. The number of thioether (sulfide) groups is 1. The number of H-pyrrole nitrogens is 1. The van der Waals surface area contributed by atoms with E-state index < -0.39 is 0 Å². The number of aromatic amines is 1. The first-order valence-corrected chi connectivity index (χ1v) is 6.94. The predicted octanol–water partition coefficient (Wildman–Crippen LogP) is 1.08. The van der Waals surface area contributed by atoms with Gasteiger partial charge in [-0.25, -0.2) is 0 Å². The predicted molar refractivity (Wildman–Crippen MR) is 77.9 cm³/mol. The van der Waals surface area contributed by atoms with Gasteiger partial charge in [-0.3, -0.25) is 14.6 Å². The third kappa shape index (κ3) is 3.90. The van der Waals surface area contributed by atoms with Crippen LogP contribution in [0.1, 0.15) is 11.3 Å². The molecule has 0 bridgehead atoms. The number of hydrogen-bond donors (Lipinski definition) is 2. The number of carbonyl (C=O) groups is 1. The summed E-state index contributed by atoms with van der Waals surface area (Å²) in [7, 11) is 0. The second-order valence-electron chi connectivity index (χ2n) is 4.04. The molecule has 1 heterocycles. The van der Waals surface area contributed by atoms with E-state index in [-0.39, 0.29) is 28.1 Å². The van der Waals surface area contributed by atoms with E-state index in [1.165, 1.54) is 0 Å². The minimum absolute atomic E-state index is 0.0491. The average Bonchev–Trinajstić information content (AvgIpc) is 2.49. The summed E-state index contributed by atoms with van der Waals surface area (Å²) in [4.78, 5) is 25.7. The van der Waals surface area contributed by atoms with Crippen molar-refractivity contribution in [3.63, 3.8) is 0 Å². The number of hydrogen-bond acceptors (Lipinski definition) is 6. The fourth-order valence-corrected chi connectivity index (χ4v) is 2.06.